The van der Waals surface area contributed by atoms with Gasteiger partial charge >= 0.3 is 5.97 Å². The monoisotopic (exact) mass is 248 g/mol. The summed E-state index contributed by atoms with van der Waals surface area (Å²) in [6, 6.07) is 0. The van der Waals surface area contributed by atoms with Crippen LogP contribution in [-0.2, 0) is 14.4 Å². The Kier molecular flexibility index (Phi) is 2.61. The molecule has 96 valence electrons. The van der Waals surface area contributed by atoms with E-state index in [1.165, 1.54) is 0 Å². The van der Waals surface area contributed by atoms with Crippen molar-refractivity contribution in [3.05, 3.63) is 12.2 Å². The lowest BCUT2D eigenvalue weighted by Gasteiger charge is -2.16. The lowest BCUT2D eigenvalue weighted by molar-refractivity contribution is -0.138. The molecular formula is C14H16O4. The fourth-order valence-corrected chi connectivity index (χ4v) is 3.94. The Bertz CT molecular complexity index is 421. The Morgan fingerprint density at radius 2 is 1.72 bits per heavy atom. The van der Waals surface area contributed by atoms with Crippen molar-refractivity contribution >= 4 is 17.5 Å². The molecule has 2 bridgehead atoms. The largest absolute Gasteiger partial charge is 0.481 e. The number of aliphatic carboxylic acids is 1. The van der Waals surface area contributed by atoms with Crippen LogP contribution in [0.15, 0.2) is 12.2 Å². The average molecular weight is 248 g/mol. The molecule has 3 aliphatic rings. The van der Waals surface area contributed by atoms with Gasteiger partial charge in [0.15, 0.2) is 0 Å². The highest BCUT2D eigenvalue weighted by Gasteiger charge is 2.59. The van der Waals surface area contributed by atoms with Crippen LogP contribution >= 0.6 is 0 Å². The molecule has 0 aliphatic heterocycles. The lowest BCUT2D eigenvalue weighted by atomic mass is 9.85. The van der Waals surface area contributed by atoms with Crippen molar-refractivity contribution in [2.45, 2.75) is 25.7 Å². The van der Waals surface area contributed by atoms with Gasteiger partial charge in [-0.05, 0) is 31.1 Å². The van der Waals surface area contributed by atoms with Gasteiger partial charge in [-0.2, -0.15) is 0 Å². The zero-order valence-electron chi connectivity index (χ0n) is 10.0. The highest BCUT2D eigenvalue weighted by atomic mass is 16.4. The molecule has 18 heavy (non-hydrogen) atoms. The standard InChI is InChI=1S/C14H16O4/c15-10(16)3-1-2-9-13(17)11-7-4-5-8(6-7)12(11)14(9)18/h4-5,7-9,11-12H,1-3,6H2,(H,15,16). The Balaban J connectivity index is 1.70. The van der Waals surface area contributed by atoms with Crippen molar-refractivity contribution in [3.8, 4) is 0 Å². The molecule has 3 aliphatic carbocycles. The number of carboxylic acid groups (broad SMARTS) is 1. The van der Waals surface area contributed by atoms with Gasteiger partial charge in [-0.25, -0.2) is 0 Å². The second kappa shape index (κ2) is 4.04. The van der Waals surface area contributed by atoms with Crippen molar-refractivity contribution < 1.29 is 19.5 Å². The maximum absolute atomic E-state index is 12.3. The molecule has 4 atom stereocenters. The summed E-state index contributed by atoms with van der Waals surface area (Å²) in [5, 5.41) is 8.59. The van der Waals surface area contributed by atoms with E-state index in [0.29, 0.717) is 12.8 Å². The number of carbonyl (C=O) groups excluding carboxylic acids is 2. The summed E-state index contributed by atoms with van der Waals surface area (Å²) in [4.78, 5) is 35.0. The Hall–Kier alpha value is -1.45. The molecule has 0 amide bonds. The summed E-state index contributed by atoms with van der Waals surface area (Å²) in [6.07, 6.45) is 5.98. The van der Waals surface area contributed by atoms with Gasteiger partial charge < -0.3 is 5.11 Å². The van der Waals surface area contributed by atoms with E-state index in [0.717, 1.165) is 6.42 Å². The van der Waals surface area contributed by atoms with Gasteiger partial charge in [0.1, 0.15) is 11.6 Å². The van der Waals surface area contributed by atoms with E-state index in [1.54, 1.807) is 0 Å². The predicted molar refractivity (Wildman–Crippen MR) is 62.7 cm³/mol. The smallest absolute Gasteiger partial charge is 0.303 e. The van der Waals surface area contributed by atoms with Crippen LogP contribution in [0.25, 0.3) is 0 Å². The molecule has 4 nitrogen and oxygen atoms in total. The first-order chi connectivity index (χ1) is 8.59. The van der Waals surface area contributed by atoms with E-state index in [9.17, 15) is 14.4 Å². The van der Waals surface area contributed by atoms with Crippen LogP contribution in [-0.4, -0.2) is 22.6 Å². The highest BCUT2D eigenvalue weighted by Crippen LogP contribution is 2.54. The van der Waals surface area contributed by atoms with Gasteiger partial charge in [-0.15, -0.1) is 0 Å². The average Bonchev–Trinajstić information content (AvgIpc) is 2.97. The maximum atomic E-state index is 12.3. The minimum atomic E-state index is -0.866. The lowest BCUT2D eigenvalue weighted by Crippen LogP contribution is -2.21. The van der Waals surface area contributed by atoms with Crippen LogP contribution in [0.3, 0.4) is 0 Å². The summed E-state index contributed by atoms with van der Waals surface area (Å²) < 4.78 is 0. The number of allylic oxidation sites excluding steroid dienone is 2. The number of ketones is 2. The third-order valence-corrected chi connectivity index (χ3v) is 4.69. The van der Waals surface area contributed by atoms with Crippen molar-refractivity contribution in [2.75, 3.05) is 0 Å². The molecule has 0 spiro atoms. The fraction of sp³-hybridized carbons (Fsp3) is 0.643. The number of rotatable bonds is 4. The molecule has 0 aromatic rings. The SMILES string of the molecule is O=C(O)CCCC1C(=O)C2C3C=CC(C3)C2C1=O. The van der Waals surface area contributed by atoms with E-state index in [1.807, 2.05) is 0 Å². The minimum absolute atomic E-state index is 0.0392. The highest BCUT2D eigenvalue weighted by molar-refractivity contribution is 6.12. The quantitative estimate of drug-likeness (QED) is 0.603. The number of carboxylic acids is 1. The molecule has 4 heteroatoms. The van der Waals surface area contributed by atoms with Crippen LogP contribution in [0.1, 0.15) is 25.7 Å². The van der Waals surface area contributed by atoms with Crippen LogP contribution in [0.4, 0.5) is 0 Å². The molecule has 2 fully saturated rings. The molecule has 0 aromatic carbocycles. The molecule has 1 N–H and O–H groups in total. The van der Waals surface area contributed by atoms with Crippen LogP contribution in [0.2, 0.25) is 0 Å². The second-order valence-corrected chi connectivity index (χ2v) is 5.64. The molecule has 3 rings (SSSR count). The first-order valence-electron chi connectivity index (χ1n) is 6.57. The van der Waals surface area contributed by atoms with Gasteiger partial charge in [-0.3, -0.25) is 14.4 Å². The van der Waals surface area contributed by atoms with E-state index in [4.69, 9.17) is 5.11 Å². The van der Waals surface area contributed by atoms with Crippen LogP contribution in [0, 0.1) is 29.6 Å². The van der Waals surface area contributed by atoms with Crippen LogP contribution < -0.4 is 0 Å². The van der Waals surface area contributed by atoms with Crippen LogP contribution in [0.5, 0.6) is 0 Å². The molecule has 2 saturated carbocycles. The number of fused-ring (bicyclic) bond motifs is 5. The summed E-state index contributed by atoms with van der Waals surface area (Å²) in [5.74, 6) is -0.898. The molecule has 0 heterocycles. The maximum Gasteiger partial charge on any atom is 0.303 e. The predicted octanol–water partition coefficient (Wildman–Crippen LogP) is 1.45. The summed E-state index contributed by atoms with van der Waals surface area (Å²) in [6.45, 7) is 0. The van der Waals surface area contributed by atoms with E-state index < -0.39 is 11.9 Å². The van der Waals surface area contributed by atoms with Gasteiger partial charge in [0.25, 0.3) is 0 Å². The Morgan fingerprint density at radius 3 is 2.22 bits per heavy atom. The first kappa shape index (κ1) is 11.6. The first-order valence-corrected chi connectivity index (χ1v) is 6.57. The fourth-order valence-electron chi connectivity index (χ4n) is 3.94. The van der Waals surface area contributed by atoms with E-state index in [-0.39, 0.29) is 41.7 Å². The number of carbonyl (C=O) groups is 3. The third kappa shape index (κ3) is 1.55. The molecule has 0 aromatic heterocycles. The topological polar surface area (TPSA) is 71.4 Å². The molecule has 0 saturated heterocycles. The Morgan fingerprint density at radius 1 is 1.17 bits per heavy atom. The van der Waals surface area contributed by atoms with Crippen molar-refractivity contribution in [1.82, 2.24) is 0 Å². The summed E-state index contributed by atoms with van der Waals surface area (Å²) >= 11 is 0. The molecular weight excluding hydrogens is 232 g/mol. The van der Waals surface area contributed by atoms with Gasteiger partial charge in [0, 0.05) is 18.3 Å². The minimum Gasteiger partial charge on any atom is -0.481 e. The normalized spacial score (nSPS) is 40.6. The number of Topliss-reactive ketones (excluding diaryl/α,β-unsaturated/α-hetero) is 2. The van der Waals surface area contributed by atoms with Crippen molar-refractivity contribution in [3.63, 3.8) is 0 Å². The van der Waals surface area contributed by atoms with E-state index in [2.05, 4.69) is 12.2 Å². The molecule has 0 radical (unpaired) electrons. The zero-order chi connectivity index (χ0) is 12.9. The number of hydrogen-bond acceptors (Lipinski definition) is 3. The van der Waals surface area contributed by atoms with Crippen molar-refractivity contribution in [2.24, 2.45) is 29.6 Å². The van der Waals surface area contributed by atoms with Gasteiger partial charge in [0.2, 0.25) is 0 Å². The molecule has 4 unspecified atom stereocenters. The third-order valence-electron chi connectivity index (χ3n) is 4.69. The van der Waals surface area contributed by atoms with Crippen molar-refractivity contribution in [1.29, 1.82) is 0 Å². The van der Waals surface area contributed by atoms with Gasteiger partial charge in [0.05, 0.1) is 5.92 Å². The van der Waals surface area contributed by atoms with Gasteiger partial charge in [-0.1, -0.05) is 12.2 Å². The van der Waals surface area contributed by atoms with E-state index >= 15 is 0 Å². The summed E-state index contributed by atoms with van der Waals surface area (Å²) in [5.41, 5.74) is 0. The zero-order valence-corrected chi connectivity index (χ0v) is 10.0. The second-order valence-electron chi connectivity index (χ2n) is 5.64. The Labute approximate surface area is 105 Å². The number of hydrogen-bond donors (Lipinski definition) is 1. The summed E-state index contributed by atoms with van der Waals surface area (Å²) in [7, 11) is 0.